The third-order valence-electron chi connectivity index (χ3n) is 8.74. The van der Waals surface area contributed by atoms with Gasteiger partial charge in [-0.25, -0.2) is 0 Å². The lowest BCUT2D eigenvalue weighted by Crippen LogP contribution is -2.46. The van der Waals surface area contributed by atoms with Crippen molar-refractivity contribution in [3.63, 3.8) is 0 Å². The van der Waals surface area contributed by atoms with Crippen molar-refractivity contribution in [2.75, 3.05) is 0 Å². The van der Waals surface area contributed by atoms with Crippen LogP contribution in [-0.2, 0) is 17.6 Å². The molecule has 6 atom stereocenters. The van der Waals surface area contributed by atoms with Crippen LogP contribution in [0.3, 0.4) is 0 Å². The van der Waals surface area contributed by atoms with Crippen molar-refractivity contribution >= 4 is 6.08 Å². The van der Waals surface area contributed by atoms with Crippen LogP contribution in [0.1, 0.15) is 54.0 Å². The molecule has 0 saturated carbocycles. The van der Waals surface area contributed by atoms with Crippen LogP contribution in [0.4, 0.5) is 0 Å². The van der Waals surface area contributed by atoms with Crippen molar-refractivity contribution < 1.29 is 35.4 Å². The molecular weight excluding hydrogens is 568 g/mol. The van der Waals surface area contributed by atoms with Gasteiger partial charge in [0, 0.05) is 11.8 Å². The minimum atomic E-state index is -0.785. The quantitative estimate of drug-likeness (QED) is 0.106. The van der Waals surface area contributed by atoms with Crippen LogP contribution in [-0.4, -0.2) is 49.0 Å². The van der Waals surface area contributed by atoms with E-state index in [-0.39, 0.29) is 29.1 Å². The van der Waals surface area contributed by atoms with Gasteiger partial charge in [0.1, 0.15) is 23.0 Å². The van der Waals surface area contributed by atoms with Crippen LogP contribution in [0.5, 0.6) is 23.0 Å². The Bertz CT molecular complexity index is 1500. The van der Waals surface area contributed by atoms with Gasteiger partial charge in [0.05, 0.1) is 24.4 Å². The van der Waals surface area contributed by atoms with Crippen molar-refractivity contribution in [2.45, 2.75) is 62.9 Å². The van der Waals surface area contributed by atoms with E-state index < -0.39 is 30.1 Å². The Hall–Kier alpha value is -4.30. The third-order valence-corrected chi connectivity index (χ3v) is 8.74. The SMILES string of the molecule is Oc1ccc(C=C[C@H]([C@@H]2[C@@H](c3ccc(O)cc3)O[C@@H](CCc3ccc(O)cc3)C[C@@H]2O)[C@@H](O)CCCc2ccc(O)cc2)cc1. The first-order chi connectivity index (χ1) is 21.7. The number of aliphatic hydroxyl groups is 2. The minimum Gasteiger partial charge on any atom is -0.508 e. The first kappa shape index (κ1) is 32.1. The van der Waals surface area contributed by atoms with Crippen LogP contribution in [0.25, 0.3) is 6.08 Å². The standard InChI is InChI=1S/C38H42O7/c39-29-14-4-25(5-15-29)2-1-3-35(43)34(23-11-27-8-18-31(41)19-9-27)37-36(44)24-33(22-10-26-6-16-30(40)17-7-26)45-38(37)28-12-20-32(42)21-13-28/h4-9,11-21,23,33-44H,1-3,10,22,24H2/t33-,34-,35-,36-,37-,38+/m0/s1. The van der Waals surface area contributed by atoms with E-state index >= 15 is 0 Å². The molecule has 1 aliphatic heterocycles. The molecule has 0 aliphatic carbocycles. The Balaban J connectivity index is 1.40. The zero-order valence-corrected chi connectivity index (χ0v) is 25.2. The monoisotopic (exact) mass is 610 g/mol. The zero-order chi connectivity index (χ0) is 31.8. The van der Waals surface area contributed by atoms with E-state index in [0.717, 1.165) is 28.7 Å². The molecule has 0 bridgehead atoms. The Labute approximate surface area is 264 Å². The van der Waals surface area contributed by atoms with Crippen LogP contribution >= 0.6 is 0 Å². The fraction of sp³-hybridized carbons (Fsp3) is 0.316. The average Bonchev–Trinajstić information content (AvgIpc) is 3.03. The van der Waals surface area contributed by atoms with Gasteiger partial charge in [0.15, 0.2) is 0 Å². The van der Waals surface area contributed by atoms with E-state index in [1.165, 1.54) is 0 Å². The molecule has 1 saturated heterocycles. The van der Waals surface area contributed by atoms with Gasteiger partial charge in [-0.3, -0.25) is 0 Å². The van der Waals surface area contributed by atoms with Crippen molar-refractivity contribution in [1.29, 1.82) is 0 Å². The normalized spacial score (nSPS) is 21.5. The molecule has 1 aliphatic rings. The number of phenols is 4. The van der Waals surface area contributed by atoms with Crippen molar-refractivity contribution in [3.8, 4) is 23.0 Å². The summed E-state index contributed by atoms with van der Waals surface area (Å²) in [6.07, 6.45) is 5.23. The Morgan fingerprint density at radius 2 is 1.20 bits per heavy atom. The highest BCUT2D eigenvalue weighted by atomic mass is 16.5. The highest BCUT2D eigenvalue weighted by Crippen LogP contribution is 2.44. The molecule has 7 nitrogen and oxygen atoms in total. The van der Waals surface area contributed by atoms with Crippen LogP contribution in [0.15, 0.2) is 103 Å². The Morgan fingerprint density at radius 3 is 1.78 bits per heavy atom. The maximum atomic E-state index is 11.8. The van der Waals surface area contributed by atoms with E-state index in [4.69, 9.17) is 4.74 Å². The van der Waals surface area contributed by atoms with E-state index in [0.29, 0.717) is 32.1 Å². The number of aryl methyl sites for hydroxylation is 2. The number of aromatic hydroxyl groups is 4. The molecule has 0 radical (unpaired) electrons. The largest absolute Gasteiger partial charge is 0.508 e. The van der Waals surface area contributed by atoms with Crippen molar-refractivity contribution in [3.05, 3.63) is 125 Å². The number of aliphatic hydroxyl groups excluding tert-OH is 2. The van der Waals surface area contributed by atoms with Gasteiger partial charge in [0.2, 0.25) is 0 Å². The number of ether oxygens (including phenoxy) is 1. The Kier molecular flexibility index (Phi) is 10.8. The predicted molar refractivity (Wildman–Crippen MR) is 174 cm³/mol. The van der Waals surface area contributed by atoms with Gasteiger partial charge < -0.3 is 35.4 Å². The number of phenolic OH excluding ortho intramolecular Hbond substituents is 4. The number of rotatable bonds is 12. The van der Waals surface area contributed by atoms with Gasteiger partial charge in [-0.05, 0) is 109 Å². The van der Waals surface area contributed by atoms with E-state index in [1.54, 1.807) is 72.8 Å². The third kappa shape index (κ3) is 8.88. The van der Waals surface area contributed by atoms with Gasteiger partial charge in [-0.1, -0.05) is 60.7 Å². The molecule has 4 aromatic rings. The van der Waals surface area contributed by atoms with Gasteiger partial charge in [0.25, 0.3) is 0 Å². The lowest BCUT2D eigenvalue weighted by molar-refractivity contribution is -0.161. The molecule has 45 heavy (non-hydrogen) atoms. The molecule has 1 heterocycles. The van der Waals surface area contributed by atoms with Gasteiger partial charge >= 0.3 is 0 Å². The van der Waals surface area contributed by atoms with Crippen molar-refractivity contribution in [1.82, 2.24) is 0 Å². The molecular formula is C38H42O7. The average molecular weight is 611 g/mol. The maximum Gasteiger partial charge on any atom is 0.115 e. The summed E-state index contributed by atoms with van der Waals surface area (Å²) < 4.78 is 6.73. The van der Waals surface area contributed by atoms with E-state index in [1.807, 2.05) is 36.4 Å². The van der Waals surface area contributed by atoms with Crippen LogP contribution in [0.2, 0.25) is 0 Å². The Morgan fingerprint density at radius 1 is 0.689 bits per heavy atom. The number of hydrogen-bond donors (Lipinski definition) is 6. The van der Waals surface area contributed by atoms with Crippen LogP contribution in [0, 0.1) is 11.8 Å². The fourth-order valence-corrected chi connectivity index (χ4v) is 6.27. The molecule has 7 heteroatoms. The lowest BCUT2D eigenvalue weighted by Gasteiger charge is -2.44. The smallest absolute Gasteiger partial charge is 0.115 e. The summed E-state index contributed by atoms with van der Waals surface area (Å²) in [6.45, 7) is 0. The number of benzene rings is 4. The zero-order valence-electron chi connectivity index (χ0n) is 25.2. The summed E-state index contributed by atoms with van der Waals surface area (Å²) >= 11 is 0. The summed E-state index contributed by atoms with van der Waals surface area (Å²) in [5.41, 5.74) is 3.79. The molecule has 5 rings (SSSR count). The molecule has 0 amide bonds. The lowest BCUT2D eigenvalue weighted by atomic mass is 9.73. The van der Waals surface area contributed by atoms with Crippen LogP contribution < -0.4 is 0 Å². The molecule has 0 spiro atoms. The fourth-order valence-electron chi connectivity index (χ4n) is 6.27. The van der Waals surface area contributed by atoms with E-state index in [9.17, 15) is 30.6 Å². The molecule has 0 aromatic heterocycles. The minimum absolute atomic E-state index is 0.133. The second kappa shape index (κ2) is 15.1. The first-order valence-corrected chi connectivity index (χ1v) is 15.6. The van der Waals surface area contributed by atoms with Gasteiger partial charge in [-0.15, -0.1) is 0 Å². The second-order valence-electron chi connectivity index (χ2n) is 12.0. The highest BCUT2D eigenvalue weighted by molar-refractivity contribution is 5.51. The van der Waals surface area contributed by atoms with Gasteiger partial charge in [-0.2, -0.15) is 0 Å². The molecule has 4 aromatic carbocycles. The summed E-state index contributed by atoms with van der Waals surface area (Å²) in [5, 5.41) is 62.5. The topological polar surface area (TPSA) is 131 Å². The molecule has 0 unspecified atom stereocenters. The molecule has 1 fully saturated rings. The maximum absolute atomic E-state index is 11.8. The second-order valence-corrected chi connectivity index (χ2v) is 12.0. The van der Waals surface area contributed by atoms with E-state index in [2.05, 4.69) is 0 Å². The molecule has 6 N–H and O–H groups in total. The molecule has 236 valence electrons. The summed E-state index contributed by atoms with van der Waals surface area (Å²) in [4.78, 5) is 0. The summed E-state index contributed by atoms with van der Waals surface area (Å²) in [5.74, 6) is -0.215. The van der Waals surface area contributed by atoms with Crippen molar-refractivity contribution in [2.24, 2.45) is 11.8 Å². The first-order valence-electron chi connectivity index (χ1n) is 15.6. The highest BCUT2D eigenvalue weighted by Gasteiger charge is 2.44. The predicted octanol–water partition coefficient (Wildman–Crippen LogP) is 6.66. The summed E-state index contributed by atoms with van der Waals surface area (Å²) in [6, 6.07) is 27.8. The number of hydrogen-bond acceptors (Lipinski definition) is 7. The summed E-state index contributed by atoms with van der Waals surface area (Å²) in [7, 11) is 0.